The van der Waals surface area contributed by atoms with Gasteiger partial charge in [0.15, 0.2) is 5.84 Å². The highest BCUT2D eigenvalue weighted by molar-refractivity contribution is 5.85. The topological polar surface area (TPSA) is 94.2 Å². The van der Waals surface area contributed by atoms with Crippen LogP contribution in [0.4, 0.5) is 4.79 Å². The third-order valence-corrected chi connectivity index (χ3v) is 3.10. The largest absolute Gasteiger partial charge is 0.409 e. The lowest BCUT2D eigenvalue weighted by Gasteiger charge is -2.38. The summed E-state index contributed by atoms with van der Waals surface area (Å²) in [5.41, 5.74) is 5.64. The van der Waals surface area contributed by atoms with E-state index in [-0.39, 0.29) is 17.9 Å². The zero-order valence-electron chi connectivity index (χ0n) is 10.4. The van der Waals surface area contributed by atoms with Crippen LogP contribution in [-0.4, -0.2) is 66.1 Å². The van der Waals surface area contributed by atoms with Gasteiger partial charge >= 0.3 is 6.03 Å². The Bertz CT molecular complexity index is 286. The first-order valence-electron chi connectivity index (χ1n) is 5.82. The number of rotatable bonds is 3. The van der Waals surface area contributed by atoms with Crippen molar-refractivity contribution in [3.05, 3.63) is 0 Å². The van der Waals surface area contributed by atoms with Gasteiger partial charge in [-0.1, -0.05) is 12.1 Å². The van der Waals surface area contributed by atoms with Gasteiger partial charge in [-0.3, -0.25) is 4.90 Å². The van der Waals surface area contributed by atoms with E-state index < -0.39 is 0 Å². The molecule has 17 heavy (non-hydrogen) atoms. The predicted octanol–water partition coefficient (Wildman–Crippen LogP) is -0.532. The Hall–Kier alpha value is -1.50. The van der Waals surface area contributed by atoms with Crippen LogP contribution in [0.15, 0.2) is 5.16 Å². The minimum atomic E-state index is -0.0542. The van der Waals surface area contributed by atoms with E-state index in [1.54, 1.807) is 11.9 Å². The molecular weight excluding hydrogens is 222 g/mol. The Labute approximate surface area is 101 Å². The van der Waals surface area contributed by atoms with Crippen LogP contribution in [0.25, 0.3) is 0 Å². The SMILES string of the molecule is CCC(C(N)=NO)N1CCN(C(=O)NC)CC1. The fourth-order valence-electron chi connectivity index (χ4n) is 2.12. The summed E-state index contributed by atoms with van der Waals surface area (Å²) in [6, 6.07) is -0.103. The summed E-state index contributed by atoms with van der Waals surface area (Å²) in [6.45, 7) is 4.79. The number of amidine groups is 1. The second-order valence-electron chi connectivity index (χ2n) is 4.03. The first-order chi connectivity index (χ1) is 8.13. The maximum atomic E-state index is 11.4. The molecule has 0 spiro atoms. The molecule has 1 saturated heterocycles. The molecule has 4 N–H and O–H groups in total. The molecule has 1 fully saturated rings. The van der Waals surface area contributed by atoms with Gasteiger partial charge < -0.3 is 21.2 Å². The summed E-state index contributed by atoms with van der Waals surface area (Å²) in [5.74, 6) is 0.237. The van der Waals surface area contributed by atoms with Gasteiger partial charge in [0.2, 0.25) is 0 Å². The average molecular weight is 243 g/mol. The van der Waals surface area contributed by atoms with E-state index >= 15 is 0 Å². The number of oxime groups is 1. The molecule has 0 aromatic carbocycles. The normalized spacial score (nSPS) is 20.1. The molecule has 0 aliphatic carbocycles. The number of nitrogens with zero attached hydrogens (tertiary/aromatic N) is 3. The van der Waals surface area contributed by atoms with E-state index in [1.165, 1.54) is 0 Å². The molecule has 7 nitrogen and oxygen atoms in total. The van der Waals surface area contributed by atoms with Gasteiger partial charge in [-0.25, -0.2) is 4.79 Å². The molecule has 1 heterocycles. The highest BCUT2D eigenvalue weighted by atomic mass is 16.4. The average Bonchev–Trinajstić information content (AvgIpc) is 2.39. The van der Waals surface area contributed by atoms with Crippen molar-refractivity contribution in [2.45, 2.75) is 19.4 Å². The molecule has 1 aliphatic heterocycles. The number of hydrogen-bond acceptors (Lipinski definition) is 4. The third-order valence-electron chi connectivity index (χ3n) is 3.10. The number of hydrogen-bond donors (Lipinski definition) is 3. The van der Waals surface area contributed by atoms with Crippen molar-refractivity contribution < 1.29 is 10.0 Å². The van der Waals surface area contributed by atoms with Crippen molar-refractivity contribution in [3.63, 3.8) is 0 Å². The molecule has 2 amide bonds. The number of urea groups is 1. The van der Waals surface area contributed by atoms with E-state index in [0.717, 1.165) is 19.5 Å². The van der Waals surface area contributed by atoms with Crippen molar-refractivity contribution in [2.75, 3.05) is 33.2 Å². The second kappa shape index (κ2) is 6.29. The van der Waals surface area contributed by atoms with E-state index in [4.69, 9.17) is 10.9 Å². The molecular formula is C10H21N5O2. The molecule has 0 aromatic heterocycles. The molecule has 7 heteroatoms. The Balaban J connectivity index is 2.53. The minimum absolute atomic E-state index is 0.0492. The smallest absolute Gasteiger partial charge is 0.317 e. The lowest BCUT2D eigenvalue weighted by Crippen LogP contribution is -2.56. The molecule has 0 aromatic rings. The second-order valence-corrected chi connectivity index (χ2v) is 4.03. The molecule has 0 bridgehead atoms. The summed E-state index contributed by atoms with van der Waals surface area (Å²) < 4.78 is 0. The summed E-state index contributed by atoms with van der Waals surface area (Å²) in [5, 5.41) is 14.4. The van der Waals surface area contributed by atoms with Crippen LogP contribution in [0.3, 0.4) is 0 Å². The standard InChI is InChI=1S/C10H21N5O2/c1-3-8(9(11)13-17)14-4-6-15(7-5-14)10(16)12-2/h8,17H,3-7H2,1-2H3,(H2,11,13)(H,12,16). The van der Waals surface area contributed by atoms with Gasteiger partial charge in [0, 0.05) is 33.2 Å². The Morgan fingerprint density at radius 3 is 2.47 bits per heavy atom. The molecule has 1 unspecified atom stereocenters. The molecule has 1 aliphatic rings. The van der Waals surface area contributed by atoms with Gasteiger partial charge in [0.05, 0.1) is 6.04 Å². The Morgan fingerprint density at radius 2 is 2.06 bits per heavy atom. The van der Waals surface area contributed by atoms with E-state index in [1.807, 2.05) is 6.92 Å². The lowest BCUT2D eigenvalue weighted by molar-refractivity contribution is 0.125. The Kier molecular flexibility index (Phi) is 5.02. The number of carbonyl (C=O) groups excluding carboxylic acids is 1. The number of nitrogens with two attached hydrogens (primary N) is 1. The van der Waals surface area contributed by atoms with Crippen LogP contribution in [0.2, 0.25) is 0 Å². The summed E-state index contributed by atoms with van der Waals surface area (Å²) >= 11 is 0. The van der Waals surface area contributed by atoms with Crippen LogP contribution in [0, 0.1) is 0 Å². The predicted molar refractivity (Wildman–Crippen MR) is 65.1 cm³/mol. The van der Waals surface area contributed by atoms with Crippen molar-refractivity contribution in [1.82, 2.24) is 15.1 Å². The highest BCUT2D eigenvalue weighted by Crippen LogP contribution is 2.09. The van der Waals surface area contributed by atoms with Crippen LogP contribution < -0.4 is 11.1 Å². The van der Waals surface area contributed by atoms with E-state index in [2.05, 4.69) is 15.4 Å². The summed E-state index contributed by atoms with van der Waals surface area (Å²) in [6.07, 6.45) is 0.788. The molecule has 98 valence electrons. The zero-order valence-corrected chi connectivity index (χ0v) is 10.4. The number of piperazine rings is 1. The van der Waals surface area contributed by atoms with Gasteiger partial charge in [-0.15, -0.1) is 0 Å². The fraction of sp³-hybridized carbons (Fsp3) is 0.800. The monoisotopic (exact) mass is 243 g/mol. The van der Waals surface area contributed by atoms with Crippen LogP contribution in [-0.2, 0) is 0 Å². The third kappa shape index (κ3) is 3.23. The van der Waals surface area contributed by atoms with Crippen molar-refractivity contribution in [3.8, 4) is 0 Å². The number of amides is 2. The number of nitrogens with one attached hydrogen (secondary N) is 1. The maximum Gasteiger partial charge on any atom is 0.317 e. The first-order valence-corrected chi connectivity index (χ1v) is 5.82. The first kappa shape index (κ1) is 13.6. The highest BCUT2D eigenvalue weighted by Gasteiger charge is 2.26. The molecule has 1 rings (SSSR count). The van der Waals surface area contributed by atoms with Gasteiger partial charge in [0.25, 0.3) is 0 Å². The quantitative estimate of drug-likeness (QED) is 0.269. The van der Waals surface area contributed by atoms with Crippen molar-refractivity contribution >= 4 is 11.9 Å². The zero-order chi connectivity index (χ0) is 12.8. The van der Waals surface area contributed by atoms with E-state index in [0.29, 0.717) is 13.1 Å². The molecule has 1 atom stereocenters. The maximum absolute atomic E-state index is 11.4. The van der Waals surface area contributed by atoms with Gasteiger partial charge in [-0.05, 0) is 6.42 Å². The summed E-state index contributed by atoms with van der Waals surface area (Å²) in [7, 11) is 1.62. The van der Waals surface area contributed by atoms with Crippen LogP contribution in [0.5, 0.6) is 0 Å². The minimum Gasteiger partial charge on any atom is -0.409 e. The molecule has 0 radical (unpaired) electrons. The molecule has 0 saturated carbocycles. The van der Waals surface area contributed by atoms with Gasteiger partial charge in [0.1, 0.15) is 0 Å². The van der Waals surface area contributed by atoms with Crippen LogP contribution >= 0.6 is 0 Å². The van der Waals surface area contributed by atoms with E-state index in [9.17, 15) is 4.79 Å². The Morgan fingerprint density at radius 1 is 1.47 bits per heavy atom. The van der Waals surface area contributed by atoms with Gasteiger partial charge in [-0.2, -0.15) is 0 Å². The van der Waals surface area contributed by atoms with Crippen molar-refractivity contribution in [1.29, 1.82) is 0 Å². The van der Waals surface area contributed by atoms with Crippen LogP contribution in [0.1, 0.15) is 13.3 Å². The number of carbonyl (C=O) groups is 1. The fourth-order valence-corrected chi connectivity index (χ4v) is 2.12. The summed E-state index contributed by atoms with van der Waals surface area (Å²) in [4.78, 5) is 15.3. The lowest BCUT2D eigenvalue weighted by atomic mass is 10.1. The van der Waals surface area contributed by atoms with Crippen molar-refractivity contribution in [2.24, 2.45) is 10.9 Å².